The van der Waals surface area contributed by atoms with E-state index in [2.05, 4.69) is 11.4 Å². The number of amides is 4. The summed E-state index contributed by atoms with van der Waals surface area (Å²) < 4.78 is 5.34. The van der Waals surface area contributed by atoms with E-state index in [1.54, 1.807) is 30.6 Å². The fraction of sp³-hybridized carbons (Fsp3) is 0.625. The van der Waals surface area contributed by atoms with Crippen LogP contribution in [0.5, 0.6) is 0 Å². The van der Waals surface area contributed by atoms with Crippen LogP contribution in [-0.2, 0) is 25.5 Å². The van der Waals surface area contributed by atoms with Crippen LogP contribution in [0.4, 0.5) is 4.79 Å². The van der Waals surface area contributed by atoms with Gasteiger partial charge in [-0.05, 0) is 51.5 Å². The van der Waals surface area contributed by atoms with Crippen molar-refractivity contribution in [3.05, 3.63) is 22.4 Å². The Morgan fingerprint density at radius 3 is 2.71 bits per heavy atom. The summed E-state index contributed by atoms with van der Waals surface area (Å²) >= 11 is 1.51. The van der Waals surface area contributed by atoms with E-state index in [0.717, 1.165) is 4.88 Å². The molecule has 4 rings (SSSR count). The molecule has 3 fully saturated rings. The average molecular weight is 502 g/mol. The highest BCUT2D eigenvalue weighted by Gasteiger charge is 2.52. The zero-order chi connectivity index (χ0) is 25.3. The lowest BCUT2D eigenvalue weighted by Crippen LogP contribution is -2.59. The normalized spacial score (nSPS) is 24.5. The summed E-state index contributed by atoms with van der Waals surface area (Å²) in [6.45, 7) is 5.97. The Balaban J connectivity index is 1.45. The first-order valence-electron chi connectivity index (χ1n) is 11.9. The van der Waals surface area contributed by atoms with Crippen molar-refractivity contribution in [2.45, 2.75) is 76.2 Å². The number of carbonyl (C=O) groups is 4. The van der Waals surface area contributed by atoms with Gasteiger partial charge in [-0.15, -0.1) is 11.3 Å². The number of rotatable bonds is 6. The van der Waals surface area contributed by atoms with Crippen molar-refractivity contribution < 1.29 is 23.9 Å². The molecule has 3 aliphatic heterocycles. The van der Waals surface area contributed by atoms with Crippen molar-refractivity contribution in [2.24, 2.45) is 0 Å². The maximum absolute atomic E-state index is 13.4. The number of likely N-dealkylation sites (tertiary alicyclic amines) is 3. The minimum Gasteiger partial charge on any atom is -0.444 e. The van der Waals surface area contributed by atoms with Crippen LogP contribution in [0.25, 0.3) is 0 Å². The molecule has 0 aromatic carbocycles. The number of thiophene rings is 1. The SMILES string of the molecule is CC(C)(C)OC(=O)N[C@@H](CN1C(=O)[C@@H]2C[C@H]1CN2C(=O)Cc1cccs1)C(=O)N1CCC[C@H]1C#N. The van der Waals surface area contributed by atoms with Crippen LogP contribution in [0.3, 0.4) is 0 Å². The molecule has 0 aliphatic carbocycles. The topological polar surface area (TPSA) is 123 Å². The van der Waals surface area contributed by atoms with Crippen molar-refractivity contribution in [2.75, 3.05) is 19.6 Å². The first kappa shape index (κ1) is 25.0. The quantitative estimate of drug-likeness (QED) is 0.630. The molecule has 0 unspecified atom stereocenters. The summed E-state index contributed by atoms with van der Waals surface area (Å²) in [5.41, 5.74) is -0.757. The van der Waals surface area contributed by atoms with Crippen molar-refractivity contribution >= 4 is 35.2 Å². The van der Waals surface area contributed by atoms with Gasteiger partial charge in [-0.25, -0.2) is 4.79 Å². The van der Waals surface area contributed by atoms with Crippen LogP contribution in [-0.4, -0.2) is 87.9 Å². The predicted molar refractivity (Wildman–Crippen MR) is 127 cm³/mol. The number of fused-ring (bicyclic) bond motifs is 2. The number of hydrogen-bond acceptors (Lipinski definition) is 7. The summed E-state index contributed by atoms with van der Waals surface area (Å²) in [7, 11) is 0. The molecule has 4 heterocycles. The third kappa shape index (κ3) is 5.42. The number of carbonyl (C=O) groups excluding carboxylic acids is 4. The monoisotopic (exact) mass is 501 g/mol. The van der Waals surface area contributed by atoms with Gasteiger partial charge >= 0.3 is 6.09 Å². The highest BCUT2D eigenvalue weighted by Crippen LogP contribution is 2.33. The molecule has 0 saturated carbocycles. The fourth-order valence-corrected chi connectivity index (χ4v) is 5.72. The van der Waals surface area contributed by atoms with E-state index in [-0.39, 0.29) is 30.8 Å². The van der Waals surface area contributed by atoms with Crippen LogP contribution in [0.1, 0.15) is 44.9 Å². The molecule has 35 heavy (non-hydrogen) atoms. The van der Waals surface area contributed by atoms with Crippen molar-refractivity contribution in [3.8, 4) is 6.07 Å². The minimum absolute atomic E-state index is 0.0281. The number of hydrogen-bond donors (Lipinski definition) is 1. The summed E-state index contributed by atoms with van der Waals surface area (Å²) in [6, 6.07) is 3.56. The lowest BCUT2D eigenvalue weighted by molar-refractivity contribution is -0.147. The van der Waals surface area contributed by atoms with E-state index in [1.807, 2.05) is 17.5 Å². The first-order valence-corrected chi connectivity index (χ1v) is 12.8. The maximum atomic E-state index is 13.4. The Kier molecular flexibility index (Phi) is 7.03. The molecule has 3 saturated heterocycles. The lowest BCUT2D eigenvalue weighted by Gasteiger charge is -2.36. The first-order chi connectivity index (χ1) is 16.6. The van der Waals surface area contributed by atoms with Crippen molar-refractivity contribution in [1.29, 1.82) is 5.26 Å². The molecule has 1 aromatic heterocycles. The largest absolute Gasteiger partial charge is 0.444 e. The van der Waals surface area contributed by atoms with Gasteiger partial charge in [0.1, 0.15) is 23.7 Å². The number of ether oxygens (including phenoxy) is 1. The molecule has 3 aliphatic rings. The van der Waals surface area contributed by atoms with Gasteiger partial charge in [-0.1, -0.05) is 6.07 Å². The molecule has 188 valence electrons. The zero-order valence-electron chi connectivity index (χ0n) is 20.2. The van der Waals surface area contributed by atoms with Gasteiger partial charge in [0, 0.05) is 18.0 Å². The standard InChI is InChI=1S/C24H31N5O5S/c1-24(2,3)34-23(33)26-18(21(31)27-8-4-6-15(27)12-25)14-28-16-10-19(22(28)32)29(13-16)20(30)11-17-7-5-9-35-17/h5,7,9,15-16,18-19H,4,6,8,10-11,13-14H2,1-3H3,(H,26,33)/t15-,16-,18-,19-/m0/s1. The maximum Gasteiger partial charge on any atom is 0.408 e. The third-order valence-electron chi connectivity index (χ3n) is 6.57. The van der Waals surface area contributed by atoms with Gasteiger partial charge in [-0.2, -0.15) is 5.26 Å². The van der Waals surface area contributed by atoms with Gasteiger partial charge in [0.2, 0.25) is 17.7 Å². The molecule has 0 spiro atoms. The van der Waals surface area contributed by atoms with Gasteiger partial charge in [-0.3, -0.25) is 14.4 Å². The summed E-state index contributed by atoms with van der Waals surface area (Å²) in [6.07, 6.45) is 1.30. The van der Waals surface area contributed by atoms with E-state index in [9.17, 15) is 24.4 Å². The molecule has 1 N–H and O–H groups in total. The van der Waals surface area contributed by atoms with Gasteiger partial charge in [0.15, 0.2) is 0 Å². The molecule has 10 nitrogen and oxygen atoms in total. The van der Waals surface area contributed by atoms with E-state index < -0.39 is 35.7 Å². The highest BCUT2D eigenvalue weighted by atomic mass is 32.1. The Morgan fingerprint density at radius 1 is 1.31 bits per heavy atom. The smallest absolute Gasteiger partial charge is 0.408 e. The van der Waals surface area contributed by atoms with Crippen LogP contribution < -0.4 is 5.32 Å². The van der Waals surface area contributed by atoms with Crippen LogP contribution in [0.15, 0.2) is 17.5 Å². The molecule has 0 radical (unpaired) electrons. The highest BCUT2D eigenvalue weighted by molar-refractivity contribution is 7.10. The number of nitrogens with one attached hydrogen (secondary N) is 1. The summed E-state index contributed by atoms with van der Waals surface area (Å²) in [5.74, 6) is -0.703. The van der Waals surface area contributed by atoms with E-state index in [1.165, 1.54) is 16.2 Å². The number of piperazine rings is 1. The minimum atomic E-state index is -1.04. The Labute approximate surface area is 208 Å². The average Bonchev–Trinajstić information content (AvgIpc) is 3.57. The van der Waals surface area contributed by atoms with E-state index in [4.69, 9.17) is 4.74 Å². The summed E-state index contributed by atoms with van der Waals surface area (Å²) in [4.78, 5) is 57.6. The predicted octanol–water partition coefficient (Wildman–Crippen LogP) is 1.51. The van der Waals surface area contributed by atoms with Crippen LogP contribution in [0, 0.1) is 11.3 Å². The second-order valence-corrected chi connectivity index (χ2v) is 11.2. The van der Waals surface area contributed by atoms with Crippen LogP contribution in [0.2, 0.25) is 0 Å². The molecule has 1 aromatic rings. The van der Waals surface area contributed by atoms with E-state index >= 15 is 0 Å². The fourth-order valence-electron chi connectivity index (χ4n) is 5.02. The second-order valence-electron chi connectivity index (χ2n) is 10.2. The molecule has 11 heteroatoms. The molecule has 2 bridgehead atoms. The summed E-state index contributed by atoms with van der Waals surface area (Å²) in [5, 5.41) is 14.0. The number of nitriles is 1. The van der Waals surface area contributed by atoms with Gasteiger partial charge < -0.3 is 24.8 Å². The Bertz CT molecular complexity index is 1030. The number of nitrogens with zero attached hydrogens (tertiary/aromatic N) is 4. The number of alkyl carbamates (subject to hydrolysis) is 1. The lowest BCUT2D eigenvalue weighted by atomic mass is 10.1. The third-order valence-corrected chi connectivity index (χ3v) is 7.44. The Hall–Kier alpha value is -3.13. The van der Waals surface area contributed by atoms with E-state index in [0.29, 0.717) is 32.4 Å². The van der Waals surface area contributed by atoms with Crippen LogP contribution >= 0.6 is 11.3 Å². The second kappa shape index (κ2) is 9.85. The Morgan fingerprint density at radius 2 is 2.09 bits per heavy atom. The molecular weight excluding hydrogens is 470 g/mol. The molecule has 4 atom stereocenters. The zero-order valence-corrected chi connectivity index (χ0v) is 21.0. The van der Waals surface area contributed by atoms with Crippen molar-refractivity contribution in [3.63, 3.8) is 0 Å². The molecular formula is C24H31N5O5S. The van der Waals surface area contributed by atoms with Gasteiger partial charge in [0.05, 0.1) is 25.1 Å². The van der Waals surface area contributed by atoms with Crippen molar-refractivity contribution in [1.82, 2.24) is 20.0 Å². The van der Waals surface area contributed by atoms with Gasteiger partial charge in [0.25, 0.3) is 0 Å². The molecule has 4 amide bonds.